The molecule has 82 valence electrons. The Morgan fingerprint density at radius 3 is 2.44 bits per heavy atom. The van der Waals surface area contributed by atoms with Crippen molar-refractivity contribution in [2.24, 2.45) is 0 Å². The molecule has 1 heterocycles. The summed E-state index contributed by atoms with van der Waals surface area (Å²) in [7, 11) is 0. The molecule has 0 saturated heterocycles. The molecule has 1 aromatic carbocycles. The highest BCUT2D eigenvalue weighted by Gasteiger charge is 2.11. The van der Waals surface area contributed by atoms with Crippen molar-refractivity contribution >= 4 is 33.3 Å². The molecule has 2 aromatic rings. The average Bonchev–Trinajstić information content (AvgIpc) is 2.68. The smallest absolute Gasteiger partial charge is 0.202 e. The van der Waals surface area contributed by atoms with E-state index < -0.39 is 0 Å². The van der Waals surface area contributed by atoms with Gasteiger partial charge in [-0.25, -0.2) is 0 Å². The molecule has 0 saturated carbocycles. The summed E-state index contributed by atoms with van der Waals surface area (Å²) in [5.74, 6) is 0.315. The minimum Gasteiger partial charge on any atom is -0.446 e. The fourth-order valence-corrected chi connectivity index (χ4v) is 1.77. The maximum absolute atomic E-state index is 11.8. The van der Waals surface area contributed by atoms with Crippen molar-refractivity contribution < 1.29 is 9.21 Å². The molecule has 0 spiro atoms. The molecule has 0 aliphatic carbocycles. The van der Waals surface area contributed by atoms with Gasteiger partial charge in [0.05, 0.1) is 0 Å². The highest BCUT2D eigenvalue weighted by Crippen LogP contribution is 2.17. The number of halogens is 2. The van der Waals surface area contributed by atoms with Crippen LogP contribution in [0, 0.1) is 0 Å². The van der Waals surface area contributed by atoms with Gasteiger partial charge in [-0.05, 0) is 45.8 Å². The quantitative estimate of drug-likeness (QED) is 0.798. The molecule has 0 unspecified atom stereocenters. The van der Waals surface area contributed by atoms with Gasteiger partial charge in [-0.15, -0.1) is 0 Å². The summed E-state index contributed by atoms with van der Waals surface area (Å²) in [4.78, 5) is 11.8. The van der Waals surface area contributed by atoms with Crippen molar-refractivity contribution in [3.63, 3.8) is 0 Å². The number of rotatable bonds is 3. The third-order valence-electron chi connectivity index (χ3n) is 2.13. The SMILES string of the molecule is O=C(Cc1ccc(Cl)cc1)c1ccc(Br)o1. The van der Waals surface area contributed by atoms with E-state index in [1.165, 1.54) is 0 Å². The van der Waals surface area contributed by atoms with E-state index in [0.717, 1.165) is 5.56 Å². The number of benzene rings is 1. The number of Topliss-reactive ketones (excluding diaryl/α,β-unsaturated/α-hetero) is 1. The third-order valence-corrected chi connectivity index (χ3v) is 2.80. The summed E-state index contributed by atoms with van der Waals surface area (Å²) in [5.41, 5.74) is 0.918. The van der Waals surface area contributed by atoms with Crippen molar-refractivity contribution in [1.29, 1.82) is 0 Å². The minimum absolute atomic E-state index is 0.0481. The van der Waals surface area contributed by atoms with Crippen molar-refractivity contribution in [3.8, 4) is 0 Å². The predicted molar refractivity (Wildman–Crippen MR) is 65.9 cm³/mol. The van der Waals surface area contributed by atoms with Gasteiger partial charge < -0.3 is 4.42 Å². The van der Waals surface area contributed by atoms with Crippen LogP contribution < -0.4 is 0 Å². The summed E-state index contributed by atoms with van der Waals surface area (Å²) in [6.07, 6.45) is 0.317. The van der Waals surface area contributed by atoms with E-state index in [-0.39, 0.29) is 5.78 Å². The van der Waals surface area contributed by atoms with Crippen LogP contribution >= 0.6 is 27.5 Å². The van der Waals surface area contributed by atoms with Crippen LogP contribution in [0.3, 0.4) is 0 Å². The molecule has 1 aromatic heterocycles. The molecule has 0 N–H and O–H groups in total. The van der Waals surface area contributed by atoms with E-state index in [0.29, 0.717) is 21.9 Å². The molecule has 2 rings (SSSR count). The van der Waals surface area contributed by atoms with Crippen LogP contribution in [0.2, 0.25) is 5.02 Å². The fourth-order valence-electron chi connectivity index (χ4n) is 1.34. The maximum Gasteiger partial charge on any atom is 0.202 e. The molecule has 0 amide bonds. The maximum atomic E-state index is 11.8. The van der Waals surface area contributed by atoms with Crippen LogP contribution in [-0.4, -0.2) is 5.78 Å². The lowest BCUT2D eigenvalue weighted by atomic mass is 10.1. The minimum atomic E-state index is -0.0481. The molecule has 2 nitrogen and oxygen atoms in total. The second-order valence-corrected chi connectivity index (χ2v) is 4.55. The summed E-state index contributed by atoms with van der Waals surface area (Å²) < 4.78 is 5.74. The molecular weight excluding hydrogens is 291 g/mol. The molecular formula is C12H8BrClO2. The van der Waals surface area contributed by atoms with Gasteiger partial charge in [0.15, 0.2) is 10.4 Å². The number of carbonyl (C=O) groups excluding carboxylic acids is 1. The standard InChI is InChI=1S/C12H8BrClO2/c13-12-6-5-11(16-12)10(15)7-8-1-3-9(14)4-2-8/h1-6H,7H2. The average molecular weight is 300 g/mol. The lowest BCUT2D eigenvalue weighted by molar-refractivity contribution is 0.0965. The van der Waals surface area contributed by atoms with Gasteiger partial charge in [0.25, 0.3) is 0 Å². The molecule has 0 aliphatic rings. The van der Waals surface area contributed by atoms with E-state index >= 15 is 0 Å². The van der Waals surface area contributed by atoms with Gasteiger partial charge in [-0.2, -0.15) is 0 Å². The summed E-state index contributed by atoms with van der Waals surface area (Å²) >= 11 is 8.92. The number of hydrogen-bond donors (Lipinski definition) is 0. The lowest BCUT2D eigenvalue weighted by Gasteiger charge is -1.98. The monoisotopic (exact) mass is 298 g/mol. The van der Waals surface area contributed by atoms with E-state index in [1.54, 1.807) is 24.3 Å². The Morgan fingerprint density at radius 2 is 1.88 bits per heavy atom. The molecule has 0 radical (unpaired) electrons. The van der Waals surface area contributed by atoms with Crippen LogP contribution in [0.5, 0.6) is 0 Å². The van der Waals surface area contributed by atoms with Crippen molar-refractivity contribution in [3.05, 3.63) is 57.4 Å². The summed E-state index contributed by atoms with van der Waals surface area (Å²) in [6.45, 7) is 0. The Labute approximate surface area is 106 Å². The van der Waals surface area contributed by atoms with Crippen LogP contribution in [0.4, 0.5) is 0 Å². The zero-order chi connectivity index (χ0) is 11.5. The molecule has 16 heavy (non-hydrogen) atoms. The lowest BCUT2D eigenvalue weighted by Crippen LogP contribution is -2.01. The first kappa shape index (κ1) is 11.4. The Kier molecular flexibility index (Phi) is 3.46. The van der Waals surface area contributed by atoms with Gasteiger partial charge in [0.2, 0.25) is 5.78 Å². The van der Waals surface area contributed by atoms with Gasteiger partial charge in [-0.1, -0.05) is 23.7 Å². The van der Waals surface area contributed by atoms with Crippen molar-refractivity contribution in [2.75, 3.05) is 0 Å². The van der Waals surface area contributed by atoms with Gasteiger partial charge in [0, 0.05) is 11.4 Å². The number of carbonyl (C=O) groups is 1. The molecule has 0 bridgehead atoms. The van der Waals surface area contributed by atoms with Crippen LogP contribution in [-0.2, 0) is 6.42 Å². The Morgan fingerprint density at radius 1 is 1.19 bits per heavy atom. The second-order valence-electron chi connectivity index (χ2n) is 3.33. The first-order valence-corrected chi connectivity index (χ1v) is 5.85. The third kappa shape index (κ3) is 2.74. The molecule has 4 heteroatoms. The molecule has 0 aliphatic heterocycles. The zero-order valence-corrected chi connectivity index (χ0v) is 10.6. The first-order chi connectivity index (χ1) is 7.65. The second kappa shape index (κ2) is 4.85. The van der Waals surface area contributed by atoms with Gasteiger partial charge in [-0.3, -0.25) is 4.79 Å². The number of hydrogen-bond acceptors (Lipinski definition) is 2. The Balaban J connectivity index is 2.10. The van der Waals surface area contributed by atoms with E-state index in [2.05, 4.69) is 15.9 Å². The largest absolute Gasteiger partial charge is 0.446 e. The Bertz CT molecular complexity index is 502. The molecule has 0 fully saturated rings. The topological polar surface area (TPSA) is 30.2 Å². The van der Waals surface area contributed by atoms with Crippen LogP contribution in [0.15, 0.2) is 45.5 Å². The molecule has 0 atom stereocenters. The highest BCUT2D eigenvalue weighted by atomic mass is 79.9. The van der Waals surface area contributed by atoms with Crippen LogP contribution in [0.25, 0.3) is 0 Å². The highest BCUT2D eigenvalue weighted by molar-refractivity contribution is 9.10. The predicted octanol–water partition coefficient (Wildman–Crippen LogP) is 4.12. The number of furan rings is 1. The van der Waals surface area contributed by atoms with E-state index in [9.17, 15) is 4.79 Å². The first-order valence-electron chi connectivity index (χ1n) is 4.68. The van der Waals surface area contributed by atoms with Crippen LogP contribution in [0.1, 0.15) is 16.1 Å². The number of ketones is 1. The van der Waals surface area contributed by atoms with E-state index in [1.807, 2.05) is 12.1 Å². The fraction of sp³-hybridized carbons (Fsp3) is 0.0833. The normalized spacial score (nSPS) is 10.4. The van der Waals surface area contributed by atoms with Gasteiger partial charge in [0.1, 0.15) is 0 Å². The van der Waals surface area contributed by atoms with Crippen molar-refractivity contribution in [2.45, 2.75) is 6.42 Å². The van der Waals surface area contributed by atoms with E-state index in [4.69, 9.17) is 16.0 Å². The Hall–Kier alpha value is -1.06. The van der Waals surface area contributed by atoms with Gasteiger partial charge >= 0.3 is 0 Å². The summed E-state index contributed by atoms with van der Waals surface area (Å²) in [6, 6.07) is 10.6. The zero-order valence-electron chi connectivity index (χ0n) is 8.24. The van der Waals surface area contributed by atoms with Crippen molar-refractivity contribution in [1.82, 2.24) is 0 Å². The summed E-state index contributed by atoms with van der Waals surface area (Å²) in [5, 5.41) is 0.664.